The van der Waals surface area contributed by atoms with Crippen molar-refractivity contribution in [2.24, 2.45) is 5.92 Å². The van der Waals surface area contributed by atoms with Gasteiger partial charge in [0.2, 0.25) is 0 Å². The molecule has 1 fully saturated rings. The molecule has 0 radical (unpaired) electrons. The standard InChI is InChI=1S/C12H23NO/c1-3-5-6-12(14)11-7-9-13(4-2)10-8-11/h11H,3-10H2,1-2H3. The third-order valence-electron chi connectivity index (χ3n) is 3.27. The van der Waals surface area contributed by atoms with Crippen LogP contribution in [0.2, 0.25) is 0 Å². The lowest BCUT2D eigenvalue weighted by Gasteiger charge is -2.30. The van der Waals surface area contributed by atoms with Gasteiger partial charge >= 0.3 is 0 Å². The maximum absolute atomic E-state index is 11.7. The Hall–Kier alpha value is -0.370. The summed E-state index contributed by atoms with van der Waals surface area (Å²) in [5, 5.41) is 0. The average Bonchev–Trinajstić information content (AvgIpc) is 2.26. The molecule has 1 heterocycles. The molecule has 0 bridgehead atoms. The number of hydrogen-bond donors (Lipinski definition) is 0. The van der Waals surface area contributed by atoms with Gasteiger partial charge in [0, 0.05) is 12.3 Å². The van der Waals surface area contributed by atoms with Crippen LogP contribution in [-0.4, -0.2) is 30.3 Å². The third kappa shape index (κ3) is 3.41. The van der Waals surface area contributed by atoms with Crippen molar-refractivity contribution in [2.75, 3.05) is 19.6 Å². The second kappa shape index (κ2) is 6.18. The monoisotopic (exact) mass is 197 g/mol. The summed E-state index contributed by atoms with van der Waals surface area (Å²) in [5.41, 5.74) is 0. The van der Waals surface area contributed by atoms with E-state index in [0.717, 1.165) is 51.7 Å². The Morgan fingerprint density at radius 1 is 1.29 bits per heavy atom. The molecule has 82 valence electrons. The molecule has 2 heteroatoms. The van der Waals surface area contributed by atoms with Crippen LogP contribution in [0, 0.1) is 5.92 Å². The Balaban J connectivity index is 2.23. The maximum atomic E-state index is 11.7. The number of piperidine rings is 1. The van der Waals surface area contributed by atoms with E-state index in [9.17, 15) is 4.79 Å². The van der Waals surface area contributed by atoms with Gasteiger partial charge in [0.1, 0.15) is 5.78 Å². The quantitative estimate of drug-likeness (QED) is 0.675. The first-order valence-corrected chi connectivity index (χ1v) is 6.03. The number of unbranched alkanes of at least 4 members (excludes halogenated alkanes) is 1. The first kappa shape index (κ1) is 11.7. The van der Waals surface area contributed by atoms with E-state index in [0.29, 0.717) is 11.7 Å². The van der Waals surface area contributed by atoms with Crippen LogP contribution in [0.4, 0.5) is 0 Å². The summed E-state index contributed by atoms with van der Waals surface area (Å²) in [6.07, 6.45) is 5.21. The van der Waals surface area contributed by atoms with Gasteiger partial charge in [0.05, 0.1) is 0 Å². The van der Waals surface area contributed by atoms with Crippen molar-refractivity contribution in [3.8, 4) is 0 Å². The topological polar surface area (TPSA) is 20.3 Å². The molecule has 1 rings (SSSR count). The zero-order chi connectivity index (χ0) is 10.4. The summed E-state index contributed by atoms with van der Waals surface area (Å²) in [6, 6.07) is 0. The minimum atomic E-state index is 0.379. The van der Waals surface area contributed by atoms with Crippen LogP contribution in [0.25, 0.3) is 0 Å². The lowest BCUT2D eigenvalue weighted by atomic mass is 9.90. The Morgan fingerprint density at radius 2 is 1.93 bits per heavy atom. The summed E-state index contributed by atoms with van der Waals surface area (Å²) in [4.78, 5) is 14.2. The predicted octanol–water partition coefficient (Wildman–Crippen LogP) is 2.48. The van der Waals surface area contributed by atoms with Crippen LogP contribution >= 0.6 is 0 Å². The number of ketones is 1. The summed E-state index contributed by atoms with van der Waals surface area (Å²) < 4.78 is 0. The second-order valence-electron chi connectivity index (χ2n) is 4.28. The first-order chi connectivity index (χ1) is 6.77. The van der Waals surface area contributed by atoms with E-state index < -0.39 is 0 Å². The van der Waals surface area contributed by atoms with E-state index in [4.69, 9.17) is 0 Å². The van der Waals surface area contributed by atoms with Crippen LogP contribution in [-0.2, 0) is 4.79 Å². The molecule has 14 heavy (non-hydrogen) atoms. The van der Waals surface area contributed by atoms with Gasteiger partial charge in [-0.05, 0) is 38.9 Å². The highest BCUT2D eigenvalue weighted by molar-refractivity contribution is 5.81. The van der Waals surface area contributed by atoms with Crippen molar-refractivity contribution in [3.05, 3.63) is 0 Å². The molecule has 1 saturated heterocycles. The van der Waals surface area contributed by atoms with Gasteiger partial charge in [-0.2, -0.15) is 0 Å². The van der Waals surface area contributed by atoms with Gasteiger partial charge in [-0.15, -0.1) is 0 Å². The molecule has 1 aliphatic heterocycles. The second-order valence-corrected chi connectivity index (χ2v) is 4.28. The molecule has 0 aromatic carbocycles. The van der Waals surface area contributed by atoms with Gasteiger partial charge in [-0.25, -0.2) is 0 Å². The van der Waals surface area contributed by atoms with Crippen molar-refractivity contribution >= 4 is 5.78 Å². The molecule has 0 spiro atoms. The van der Waals surface area contributed by atoms with E-state index in [1.807, 2.05) is 0 Å². The van der Waals surface area contributed by atoms with Crippen molar-refractivity contribution in [1.82, 2.24) is 4.90 Å². The van der Waals surface area contributed by atoms with E-state index in [-0.39, 0.29) is 0 Å². The Morgan fingerprint density at radius 3 is 2.43 bits per heavy atom. The zero-order valence-electron chi connectivity index (χ0n) is 9.59. The molecule has 0 unspecified atom stereocenters. The number of Topliss-reactive ketones (excluding diaryl/α,β-unsaturated/α-hetero) is 1. The van der Waals surface area contributed by atoms with Crippen LogP contribution in [0.15, 0.2) is 0 Å². The van der Waals surface area contributed by atoms with Crippen LogP contribution in [0.1, 0.15) is 46.0 Å². The third-order valence-corrected chi connectivity index (χ3v) is 3.27. The van der Waals surface area contributed by atoms with E-state index in [1.165, 1.54) is 0 Å². The Kier molecular flexibility index (Phi) is 5.16. The number of nitrogens with zero attached hydrogens (tertiary/aromatic N) is 1. The smallest absolute Gasteiger partial charge is 0.136 e. The van der Waals surface area contributed by atoms with Crippen molar-refractivity contribution in [3.63, 3.8) is 0 Å². The van der Waals surface area contributed by atoms with E-state index in [1.54, 1.807) is 0 Å². The molecule has 0 N–H and O–H groups in total. The van der Waals surface area contributed by atoms with E-state index >= 15 is 0 Å². The summed E-state index contributed by atoms with van der Waals surface area (Å²) >= 11 is 0. The predicted molar refractivity (Wildman–Crippen MR) is 59.4 cm³/mol. The highest BCUT2D eigenvalue weighted by Crippen LogP contribution is 2.19. The van der Waals surface area contributed by atoms with Crippen molar-refractivity contribution in [1.29, 1.82) is 0 Å². The normalized spacial score (nSPS) is 19.9. The van der Waals surface area contributed by atoms with Gasteiger partial charge in [-0.1, -0.05) is 20.3 Å². The highest BCUT2D eigenvalue weighted by Gasteiger charge is 2.23. The number of likely N-dealkylation sites (tertiary alicyclic amines) is 1. The van der Waals surface area contributed by atoms with E-state index in [2.05, 4.69) is 18.7 Å². The van der Waals surface area contributed by atoms with Crippen molar-refractivity contribution < 1.29 is 4.79 Å². The molecule has 1 aliphatic rings. The number of carbonyl (C=O) groups is 1. The fourth-order valence-electron chi connectivity index (χ4n) is 2.13. The minimum absolute atomic E-state index is 0.379. The number of carbonyl (C=O) groups excluding carboxylic acids is 1. The van der Waals surface area contributed by atoms with Gasteiger partial charge in [-0.3, -0.25) is 4.79 Å². The molecule has 0 aliphatic carbocycles. The zero-order valence-corrected chi connectivity index (χ0v) is 9.59. The molecule has 0 saturated carbocycles. The molecule has 0 aromatic heterocycles. The maximum Gasteiger partial charge on any atom is 0.136 e. The Bertz CT molecular complexity index is 171. The molecular formula is C12H23NO. The van der Waals surface area contributed by atoms with Crippen LogP contribution in [0.5, 0.6) is 0 Å². The van der Waals surface area contributed by atoms with Crippen molar-refractivity contribution in [2.45, 2.75) is 46.0 Å². The average molecular weight is 197 g/mol. The summed E-state index contributed by atoms with van der Waals surface area (Å²) in [5.74, 6) is 0.895. The summed E-state index contributed by atoms with van der Waals surface area (Å²) in [7, 11) is 0. The number of rotatable bonds is 5. The largest absolute Gasteiger partial charge is 0.304 e. The van der Waals surface area contributed by atoms with Crippen LogP contribution < -0.4 is 0 Å². The van der Waals surface area contributed by atoms with Gasteiger partial charge < -0.3 is 4.90 Å². The molecule has 0 amide bonds. The van der Waals surface area contributed by atoms with Gasteiger partial charge in [0.25, 0.3) is 0 Å². The minimum Gasteiger partial charge on any atom is -0.304 e. The lowest BCUT2D eigenvalue weighted by molar-refractivity contribution is -0.124. The molecular weight excluding hydrogens is 174 g/mol. The lowest BCUT2D eigenvalue weighted by Crippen LogP contribution is -2.36. The Labute approximate surface area is 87.7 Å². The van der Waals surface area contributed by atoms with Crippen LogP contribution in [0.3, 0.4) is 0 Å². The molecule has 0 aromatic rings. The number of hydrogen-bond acceptors (Lipinski definition) is 2. The SMILES string of the molecule is CCCCC(=O)C1CCN(CC)CC1. The fourth-order valence-corrected chi connectivity index (χ4v) is 2.13. The fraction of sp³-hybridized carbons (Fsp3) is 0.917. The summed E-state index contributed by atoms with van der Waals surface area (Å²) in [6.45, 7) is 7.72. The molecule has 0 atom stereocenters. The highest BCUT2D eigenvalue weighted by atomic mass is 16.1. The first-order valence-electron chi connectivity index (χ1n) is 6.03. The molecule has 2 nitrogen and oxygen atoms in total. The van der Waals surface area contributed by atoms with Gasteiger partial charge in [0.15, 0.2) is 0 Å².